The van der Waals surface area contributed by atoms with Gasteiger partial charge in [0, 0.05) is 19.2 Å². The molecule has 0 aliphatic heterocycles. The van der Waals surface area contributed by atoms with Gasteiger partial charge in [0.1, 0.15) is 0 Å². The van der Waals surface area contributed by atoms with E-state index in [9.17, 15) is 4.79 Å². The first-order chi connectivity index (χ1) is 9.52. The summed E-state index contributed by atoms with van der Waals surface area (Å²) in [6.45, 7) is 6.85. The quantitative estimate of drug-likeness (QED) is 0.929. The molecule has 0 spiro atoms. The number of aryl methyl sites for hydroxylation is 3. The van der Waals surface area contributed by atoms with Crippen molar-refractivity contribution < 1.29 is 4.79 Å². The molecule has 0 aliphatic rings. The highest BCUT2D eigenvalue weighted by Crippen LogP contribution is 2.24. The topological polar surface area (TPSA) is 46.9 Å². The van der Waals surface area contributed by atoms with Crippen LogP contribution in [0.4, 0.5) is 0 Å². The first-order valence-electron chi connectivity index (χ1n) is 6.92. The van der Waals surface area contributed by atoms with Gasteiger partial charge in [-0.1, -0.05) is 30.7 Å². The predicted molar refractivity (Wildman–Crippen MR) is 80.7 cm³/mol. The second-order valence-corrected chi connectivity index (χ2v) is 5.11. The molecule has 2 rings (SSSR count). The zero-order chi connectivity index (χ0) is 14.7. The molecule has 20 heavy (non-hydrogen) atoms. The summed E-state index contributed by atoms with van der Waals surface area (Å²) in [4.78, 5) is 12.0. The molecule has 0 radical (unpaired) electrons. The van der Waals surface area contributed by atoms with Crippen molar-refractivity contribution >= 4 is 5.91 Å². The number of nitrogens with zero attached hydrogens (tertiary/aromatic N) is 2. The number of carbonyl (C=O) groups excluding carboxylic acids is 1. The van der Waals surface area contributed by atoms with E-state index in [1.165, 1.54) is 11.1 Å². The van der Waals surface area contributed by atoms with E-state index in [1.54, 1.807) is 4.68 Å². The molecule has 0 saturated heterocycles. The fourth-order valence-corrected chi connectivity index (χ4v) is 2.26. The SMILES string of the molecule is CCCNC(=O)c1cc(-c2ccc(C)cc2C)n(C)n1. The van der Waals surface area contributed by atoms with Gasteiger partial charge in [0.15, 0.2) is 5.69 Å². The fraction of sp³-hybridized carbons (Fsp3) is 0.375. The minimum Gasteiger partial charge on any atom is -0.351 e. The molecule has 4 heteroatoms. The van der Waals surface area contributed by atoms with Gasteiger partial charge in [-0.15, -0.1) is 0 Å². The van der Waals surface area contributed by atoms with Crippen LogP contribution in [0.25, 0.3) is 11.3 Å². The van der Waals surface area contributed by atoms with E-state index in [2.05, 4.69) is 42.5 Å². The van der Waals surface area contributed by atoms with E-state index in [-0.39, 0.29) is 5.91 Å². The van der Waals surface area contributed by atoms with E-state index >= 15 is 0 Å². The zero-order valence-electron chi connectivity index (χ0n) is 12.5. The van der Waals surface area contributed by atoms with Gasteiger partial charge in [0.25, 0.3) is 5.91 Å². The lowest BCUT2D eigenvalue weighted by molar-refractivity contribution is 0.0948. The highest BCUT2D eigenvalue weighted by molar-refractivity contribution is 5.93. The van der Waals surface area contributed by atoms with Crippen molar-refractivity contribution in [2.45, 2.75) is 27.2 Å². The van der Waals surface area contributed by atoms with Crippen LogP contribution in [0.3, 0.4) is 0 Å². The number of carbonyl (C=O) groups is 1. The molecule has 4 nitrogen and oxygen atoms in total. The molecule has 1 heterocycles. The number of amides is 1. The third-order valence-electron chi connectivity index (χ3n) is 3.31. The molecule has 1 amide bonds. The highest BCUT2D eigenvalue weighted by Gasteiger charge is 2.14. The van der Waals surface area contributed by atoms with Gasteiger partial charge < -0.3 is 5.32 Å². The molecule has 1 aromatic heterocycles. The van der Waals surface area contributed by atoms with Crippen molar-refractivity contribution in [2.75, 3.05) is 6.54 Å². The van der Waals surface area contributed by atoms with Crippen LogP contribution >= 0.6 is 0 Å². The average Bonchev–Trinajstić information content (AvgIpc) is 2.78. The van der Waals surface area contributed by atoms with Crippen LogP contribution < -0.4 is 5.32 Å². The van der Waals surface area contributed by atoms with Crippen LogP contribution in [-0.2, 0) is 7.05 Å². The summed E-state index contributed by atoms with van der Waals surface area (Å²) in [5.74, 6) is -0.113. The standard InChI is InChI=1S/C16H21N3O/c1-5-8-17-16(20)14-10-15(19(4)18-14)13-7-6-11(2)9-12(13)3/h6-7,9-10H,5,8H2,1-4H3,(H,17,20). The maximum absolute atomic E-state index is 12.0. The van der Waals surface area contributed by atoms with Gasteiger partial charge in [-0.25, -0.2) is 0 Å². The van der Waals surface area contributed by atoms with E-state index < -0.39 is 0 Å². The number of benzene rings is 1. The lowest BCUT2D eigenvalue weighted by Crippen LogP contribution is -2.24. The Morgan fingerprint density at radius 3 is 2.70 bits per heavy atom. The van der Waals surface area contributed by atoms with Crippen molar-refractivity contribution in [3.05, 3.63) is 41.1 Å². The molecule has 0 bridgehead atoms. The van der Waals surface area contributed by atoms with Crippen molar-refractivity contribution in [3.63, 3.8) is 0 Å². The first-order valence-corrected chi connectivity index (χ1v) is 6.92. The van der Waals surface area contributed by atoms with Crippen LogP contribution in [0.1, 0.15) is 35.0 Å². The Bertz CT molecular complexity index is 629. The number of hydrogen-bond donors (Lipinski definition) is 1. The van der Waals surface area contributed by atoms with E-state index in [4.69, 9.17) is 0 Å². The van der Waals surface area contributed by atoms with Crippen molar-refractivity contribution in [1.29, 1.82) is 0 Å². The number of aromatic nitrogens is 2. The first kappa shape index (κ1) is 14.3. The normalized spacial score (nSPS) is 10.6. The summed E-state index contributed by atoms with van der Waals surface area (Å²) in [6.07, 6.45) is 0.919. The third-order valence-corrected chi connectivity index (χ3v) is 3.31. The average molecular weight is 271 g/mol. The van der Waals surface area contributed by atoms with Gasteiger partial charge in [-0.2, -0.15) is 5.10 Å². The maximum Gasteiger partial charge on any atom is 0.271 e. The van der Waals surface area contributed by atoms with Gasteiger partial charge in [-0.3, -0.25) is 9.48 Å². The molecular formula is C16H21N3O. The van der Waals surface area contributed by atoms with Gasteiger partial charge in [0.05, 0.1) is 5.69 Å². The third kappa shape index (κ3) is 2.90. The van der Waals surface area contributed by atoms with Crippen LogP contribution in [0.15, 0.2) is 24.3 Å². The summed E-state index contributed by atoms with van der Waals surface area (Å²) in [7, 11) is 1.87. The lowest BCUT2D eigenvalue weighted by atomic mass is 10.0. The molecule has 0 atom stereocenters. The smallest absolute Gasteiger partial charge is 0.271 e. The summed E-state index contributed by atoms with van der Waals surface area (Å²) in [5, 5.41) is 7.16. The summed E-state index contributed by atoms with van der Waals surface area (Å²) in [5.41, 5.74) is 4.96. The Morgan fingerprint density at radius 1 is 1.30 bits per heavy atom. The molecule has 0 aliphatic carbocycles. The predicted octanol–water partition coefficient (Wildman–Crippen LogP) is 2.84. The largest absolute Gasteiger partial charge is 0.351 e. The van der Waals surface area contributed by atoms with E-state index in [1.807, 2.05) is 20.0 Å². The summed E-state index contributed by atoms with van der Waals surface area (Å²) >= 11 is 0. The van der Waals surface area contributed by atoms with Gasteiger partial charge >= 0.3 is 0 Å². The van der Waals surface area contributed by atoms with Crippen LogP contribution in [0.5, 0.6) is 0 Å². The van der Waals surface area contributed by atoms with Gasteiger partial charge in [0.2, 0.25) is 0 Å². The molecule has 1 N–H and O–H groups in total. The molecule has 0 saturated carbocycles. The number of rotatable bonds is 4. The Labute approximate surface area is 119 Å². The molecule has 2 aromatic rings. The minimum atomic E-state index is -0.113. The molecule has 1 aromatic carbocycles. The second kappa shape index (κ2) is 5.90. The lowest BCUT2D eigenvalue weighted by Gasteiger charge is -2.06. The molecular weight excluding hydrogens is 250 g/mol. The van der Waals surface area contributed by atoms with E-state index in [0.717, 1.165) is 17.7 Å². The molecule has 106 valence electrons. The summed E-state index contributed by atoms with van der Waals surface area (Å²) in [6, 6.07) is 8.14. The highest BCUT2D eigenvalue weighted by atomic mass is 16.1. The Balaban J connectivity index is 2.34. The van der Waals surface area contributed by atoms with Crippen LogP contribution in [0.2, 0.25) is 0 Å². The molecule has 0 unspecified atom stereocenters. The number of hydrogen-bond acceptors (Lipinski definition) is 2. The Kier molecular flexibility index (Phi) is 4.23. The molecule has 0 fully saturated rings. The van der Waals surface area contributed by atoms with Crippen LogP contribution in [0, 0.1) is 13.8 Å². The van der Waals surface area contributed by atoms with Crippen molar-refractivity contribution in [1.82, 2.24) is 15.1 Å². The monoisotopic (exact) mass is 271 g/mol. The Morgan fingerprint density at radius 2 is 2.05 bits per heavy atom. The number of nitrogens with one attached hydrogen (secondary N) is 1. The minimum absolute atomic E-state index is 0.113. The van der Waals surface area contributed by atoms with Gasteiger partial charge in [-0.05, 0) is 31.9 Å². The Hall–Kier alpha value is -2.10. The maximum atomic E-state index is 12.0. The summed E-state index contributed by atoms with van der Waals surface area (Å²) < 4.78 is 1.76. The van der Waals surface area contributed by atoms with Crippen LogP contribution in [-0.4, -0.2) is 22.2 Å². The zero-order valence-corrected chi connectivity index (χ0v) is 12.5. The van der Waals surface area contributed by atoms with Crippen molar-refractivity contribution in [2.24, 2.45) is 7.05 Å². The van der Waals surface area contributed by atoms with E-state index in [0.29, 0.717) is 12.2 Å². The fourth-order valence-electron chi connectivity index (χ4n) is 2.26. The van der Waals surface area contributed by atoms with Crippen molar-refractivity contribution in [3.8, 4) is 11.3 Å². The second-order valence-electron chi connectivity index (χ2n) is 5.11.